The molecule has 0 radical (unpaired) electrons. The summed E-state index contributed by atoms with van der Waals surface area (Å²) in [6, 6.07) is 17.1. The summed E-state index contributed by atoms with van der Waals surface area (Å²) in [6.07, 6.45) is 2.42. The molecular formula is C27H32N6O2S. The quantitative estimate of drug-likeness (QED) is 0.390. The highest BCUT2D eigenvalue weighted by molar-refractivity contribution is 7.89. The maximum absolute atomic E-state index is 13.3. The molecule has 188 valence electrons. The van der Waals surface area contributed by atoms with Crippen LogP contribution in [-0.4, -0.2) is 58.7 Å². The number of para-hydroxylation sites is 1. The summed E-state index contributed by atoms with van der Waals surface area (Å²) >= 11 is 0. The molecule has 8 nitrogen and oxygen atoms in total. The minimum atomic E-state index is -3.55. The van der Waals surface area contributed by atoms with Gasteiger partial charge in [0.2, 0.25) is 10.0 Å². The Balaban J connectivity index is 1.51. The van der Waals surface area contributed by atoms with Crippen molar-refractivity contribution in [3.8, 4) is 5.69 Å². The molecule has 4 aromatic rings. The van der Waals surface area contributed by atoms with E-state index in [1.54, 1.807) is 16.4 Å². The van der Waals surface area contributed by atoms with Gasteiger partial charge in [-0.1, -0.05) is 42.8 Å². The first-order valence-corrected chi connectivity index (χ1v) is 14.0. The lowest BCUT2D eigenvalue weighted by molar-refractivity contribution is 0.433. The van der Waals surface area contributed by atoms with Crippen LogP contribution in [0.25, 0.3) is 16.7 Å². The van der Waals surface area contributed by atoms with Gasteiger partial charge in [-0.25, -0.2) is 23.1 Å². The molecule has 9 heteroatoms. The van der Waals surface area contributed by atoms with Crippen LogP contribution in [0, 0.1) is 13.8 Å². The lowest BCUT2D eigenvalue weighted by Crippen LogP contribution is -2.35. The second-order valence-electron chi connectivity index (χ2n) is 9.30. The number of anilines is 1. The summed E-state index contributed by atoms with van der Waals surface area (Å²) in [5, 5.41) is 5.75. The lowest BCUT2D eigenvalue weighted by Gasteiger charge is -2.24. The normalized spacial score (nSPS) is 15.4. The minimum absolute atomic E-state index is 0.344. The van der Waals surface area contributed by atoms with Gasteiger partial charge in [0.15, 0.2) is 5.65 Å². The zero-order valence-electron chi connectivity index (χ0n) is 21.1. The van der Waals surface area contributed by atoms with Gasteiger partial charge in [-0.15, -0.1) is 0 Å². The van der Waals surface area contributed by atoms with Crippen molar-refractivity contribution in [1.29, 1.82) is 0 Å². The molecule has 0 saturated carbocycles. The molecular weight excluding hydrogens is 472 g/mol. The monoisotopic (exact) mass is 504 g/mol. The van der Waals surface area contributed by atoms with Crippen LogP contribution in [0.15, 0.2) is 59.5 Å². The summed E-state index contributed by atoms with van der Waals surface area (Å²) in [7, 11) is -3.55. The second-order valence-corrected chi connectivity index (χ2v) is 11.2. The molecule has 1 aliphatic rings. The maximum atomic E-state index is 13.3. The molecule has 5 rings (SSSR count). The second kappa shape index (κ2) is 9.99. The summed E-state index contributed by atoms with van der Waals surface area (Å²) in [5.74, 6) is 1.63. The van der Waals surface area contributed by atoms with Gasteiger partial charge in [-0.3, -0.25) is 0 Å². The van der Waals surface area contributed by atoms with E-state index in [4.69, 9.17) is 15.1 Å². The fourth-order valence-corrected chi connectivity index (χ4v) is 6.19. The van der Waals surface area contributed by atoms with Crippen LogP contribution in [0.3, 0.4) is 0 Å². The highest BCUT2D eigenvalue weighted by Crippen LogP contribution is 2.30. The number of aryl methyl sites for hydroxylation is 3. The number of fused-ring (bicyclic) bond motifs is 1. The zero-order chi connectivity index (χ0) is 25.3. The number of hydrogen-bond donors (Lipinski definition) is 0. The van der Waals surface area contributed by atoms with Crippen molar-refractivity contribution in [3.63, 3.8) is 0 Å². The molecule has 2 aromatic carbocycles. The Morgan fingerprint density at radius 1 is 0.889 bits per heavy atom. The van der Waals surface area contributed by atoms with Gasteiger partial charge >= 0.3 is 0 Å². The highest BCUT2D eigenvalue weighted by atomic mass is 32.2. The number of benzene rings is 2. The Labute approximate surface area is 212 Å². The first-order valence-electron chi connectivity index (χ1n) is 12.5. The van der Waals surface area contributed by atoms with Crippen LogP contribution in [0.2, 0.25) is 0 Å². The molecule has 0 N–H and O–H groups in total. The Bertz CT molecular complexity index is 1470. The first-order chi connectivity index (χ1) is 17.4. The number of aromatic nitrogens is 4. The fourth-order valence-electron chi connectivity index (χ4n) is 4.72. The van der Waals surface area contributed by atoms with Crippen molar-refractivity contribution in [1.82, 2.24) is 24.1 Å². The van der Waals surface area contributed by atoms with Crippen molar-refractivity contribution >= 4 is 26.9 Å². The molecule has 36 heavy (non-hydrogen) atoms. The number of hydrogen-bond acceptors (Lipinski definition) is 6. The SMILES string of the molecule is CCCc1nc(N2CCCN(S(=O)(=O)c3ccc(C)cc3)CC2)c2c(C)nn(-c3ccccc3)c2n1. The molecule has 0 aliphatic carbocycles. The van der Waals surface area contributed by atoms with Crippen LogP contribution >= 0.6 is 0 Å². The largest absolute Gasteiger partial charge is 0.355 e. The van der Waals surface area contributed by atoms with E-state index >= 15 is 0 Å². The number of sulfonamides is 1. The molecule has 1 fully saturated rings. The zero-order valence-corrected chi connectivity index (χ0v) is 21.9. The van der Waals surface area contributed by atoms with E-state index in [0.717, 1.165) is 52.5 Å². The standard InChI is InChI=1S/C27H32N6O2S/c1-4-9-24-28-26(25-21(3)30-33(27(25)29-24)22-10-6-5-7-11-22)31-16-8-17-32(19-18-31)36(34,35)23-14-12-20(2)13-15-23/h5-7,10-15H,4,8-9,16-19H2,1-3H3. The third-order valence-corrected chi connectivity index (χ3v) is 8.53. The van der Waals surface area contributed by atoms with E-state index in [-0.39, 0.29) is 0 Å². The Morgan fingerprint density at radius 2 is 1.64 bits per heavy atom. The van der Waals surface area contributed by atoms with Crippen LogP contribution in [0.5, 0.6) is 0 Å². The number of rotatable bonds is 6. The van der Waals surface area contributed by atoms with E-state index in [1.165, 1.54) is 0 Å². The van der Waals surface area contributed by atoms with E-state index in [2.05, 4.69) is 11.8 Å². The predicted octanol–water partition coefficient (Wildman–Crippen LogP) is 4.29. The van der Waals surface area contributed by atoms with Gasteiger partial charge in [0.05, 0.1) is 21.7 Å². The van der Waals surface area contributed by atoms with Gasteiger partial charge < -0.3 is 4.90 Å². The van der Waals surface area contributed by atoms with Gasteiger partial charge in [0.1, 0.15) is 11.6 Å². The predicted molar refractivity (Wildman–Crippen MR) is 142 cm³/mol. The van der Waals surface area contributed by atoms with E-state index < -0.39 is 10.0 Å². The van der Waals surface area contributed by atoms with Crippen LogP contribution in [0.1, 0.15) is 36.8 Å². The summed E-state index contributed by atoms with van der Waals surface area (Å²) in [4.78, 5) is 12.4. The molecule has 0 unspecified atom stereocenters. The molecule has 1 saturated heterocycles. The average molecular weight is 505 g/mol. The topological polar surface area (TPSA) is 84.2 Å². The lowest BCUT2D eigenvalue weighted by atomic mass is 10.2. The van der Waals surface area contributed by atoms with Crippen molar-refractivity contribution in [2.75, 3.05) is 31.1 Å². The third-order valence-electron chi connectivity index (χ3n) is 6.62. The Kier molecular flexibility index (Phi) is 6.77. The summed E-state index contributed by atoms with van der Waals surface area (Å²) < 4.78 is 30.1. The minimum Gasteiger partial charge on any atom is -0.355 e. The van der Waals surface area contributed by atoms with Crippen molar-refractivity contribution in [2.45, 2.75) is 44.9 Å². The highest BCUT2D eigenvalue weighted by Gasteiger charge is 2.29. The van der Waals surface area contributed by atoms with E-state index in [0.29, 0.717) is 37.5 Å². The summed E-state index contributed by atoms with van der Waals surface area (Å²) in [6.45, 7) is 8.21. The molecule has 2 aromatic heterocycles. The summed E-state index contributed by atoms with van der Waals surface area (Å²) in [5.41, 5.74) is 3.65. The van der Waals surface area contributed by atoms with E-state index in [9.17, 15) is 8.42 Å². The number of nitrogens with zero attached hydrogens (tertiary/aromatic N) is 6. The van der Waals surface area contributed by atoms with E-state index in [1.807, 2.05) is 61.0 Å². The van der Waals surface area contributed by atoms with Gasteiger partial charge in [-0.05, 0) is 51.0 Å². The van der Waals surface area contributed by atoms with Crippen molar-refractivity contribution in [3.05, 3.63) is 71.7 Å². The fraction of sp³-hybridized carbons (Fsp3) is 0.370. The Hall–Kier alpha value is -3.30. The molecule has 3 heterocycles. The third kappa shape index (κ3) is 4.60. The van der Waals surface area contributed by atoms with Crippen LogP contribution < -0.4 is 4.90 Å². The van der Waals surface area contributed by atoms with Gasteiger partial charge in [0, 0.05) is 32.6 Å². The molecule has 0 spiro atoms. The van der Waals surface area contributed by atoms with Crippen LogP contribution in [-0.2, 0) is 16.4 Å². The smallest absolute Gasteiger partial charge is 0.243 e. The van der Waals surface area contributed by atoms with Crippen molar-refractivity contribution < 1.29 is 8.42 Å². The molecule has 0 bridgehead atoms. The first kappa shape index (κ1) is 24.4. The van der Waals surface area contributed by atoms with Gasteiger partial charge in [0.25, 0.3) is 0 Å². The molecule has 1 aliphatic heterocycles. The maximum Gasteiger partial charge on any atom is 0.243 e. The molecule has 0 atom stereocenters. The van der Waals surface area contributed by atoms with Gasteiger partial charge in [-0.2, -0.15) is 9.40 Å². The average Bonchev–Trinajstić information content (AvgIpc) is 3.04. The Morgan fingerprint density at radius 3 is 2.36 bits per heavy atom. The van der Waals surface area contributed by atoms with Crippen molar-refractivity contribution in [2.24, 2.45) is 0 Å². The molecule has 0 amide bonds. The van der Waals surface area contributed by atoms with Crippen LogP contribution in [0.4, 0.5) is 5.82 Å².